The van der Waals surface area contributed by atoms with Crippen LogP contribution in [0.15, 0.2) is 0 Å². The van der Waals surface area contributed by atoms with E-state index in [1.54, 1.807) is 0 Å². The largest absolute Gasteiger partial charge is 4.00 e. The molecule has 0 aliphatic rings. The summed E-state index contributed by atoms with van der Waals surface area (Å²) in [5, 5.41) is 0. The van der Waals surface area contributed by atoms with Crippen LogP contribution >= 0.6 is 0 Å². The Morgan fingerprint density at radius 2 is 0.471 bits per heavy atom. The number of hydrogen-bond donors (Lipinski definition) is 0. The van der Waals surface area contributed by atoms with E-state index in [0.717, 1.165) is 0 Å². The van der Waals surface area contributed by atoms with Crippen molar-refractivity contribution in [1.82, 2.24) is 0 Å². The summed E-state index contributed by atoms with van der Waals surface area (Å²) in [5.41, 5.74) is 0. The van der Waals surface area contributed by atoms with E-state index in [0.29, 0.717) is 0 Å². The van der Waals surface area contributed by atoms with Gasteiger partial charge in [-0.3, -0.25) is 25.3 Å². The average Bonchev–Trinajstić information content (AvgIpc) is 1.41. The monoisotopic (exact) mass is 530 g/mol. The van der Waals surface area contributed by atoms with Gasteiger partial charge in [-0.1, -0.05) is 0 Å². The summed E-state index contributed by atoms with van der Waals surface area (Å²) in [6.45, 7) is 0. The molecule has 0 aliphatic carbocycles. The van der Waals surface area contributed by atoms with Crippen LogP contribution in [0.1, 0.15) is 0 Å². The fraction of sp³-hybridized carbons (Fsp3) is 0. The topological polar surface area (TPSA) is 241 Å². The van der Waals surface area contributed by atoms with Crippen LogP contribution in [0.2, 0.25) is 0 Å². The van der Waals surface area contributed by atoms with Crippen molar-refractivity contribution in [2.75, 3.05) is 0 Å². The molecule has 0 amide bonds. The van der Waals surface area contributed by atoms with Crippen molar-refractivity contribution in [1.29, 1.82) is 0 Å². The summed E-state index contributed by atoms with van der Waals surface area (Å²) >= 11 is 0. The van der Waals surface area contributed by atoms with Crippen molar-refractivity contribution in [2.45, 2.75) is 0 Å². The predicted molar refractivity (Wildman–Crippen MR) is 31.4 cm³/mol. The van der Waals surface area contributed by atoms with Gasteiger partial charge < -0.3 is 27.3 Å². The molecule has 0 rings (SSSR count). The van der Waals surface area contributed by atoms with Gasteiger partial charge >= 0.3 is 37.6 Å². The molecular weight excluding hydrogens is 531 g/mol. The molecule has 0 atom stereocenters. The second-order valence-electron chi connectivity index (χ2n) is 1.22. The molecule has 12 nitrogen and oxygen atoms in total. The maximum Gasteiger partial charge on any atom is 4.00 e. The van der Waals surface area contributed by atoms with Gasteiger partial charge in [0.2, 0.25) is 0 Å². The normalized spacial score (nSPS) is 10.2. The minimum absolute atomic E-state index is 0. The molecule has 0 fully saturated rings. The van der Waals surface area contributed by atoms with E-state index in [9.17, 15) is 0 Å². The van der Waals surface area contributed by atoms with E-state index in [4.69, 9.17) is 52.6 Å². The van der Waals surface area contributed by atoms with Gasteiger partial charge in [-0.25, -0.2) is 0 Å². The fourth-order valence-corrected chi connectivity index (χ4v) is 0. The second-order valence-corrected chi connectivity index (χ2v) is 3.67. The molecule has 17 heteroatoms. The molecule has 0 aliphatic heterocycles. The number of rotatable bonds is 0. The third-order valence-electron chi connectivity index (χ3n) is 0. The van der Waals surface area contributed by atoms with E-state index in [-0.39, 0.29) is 37.6 Å². The fourth-order valence-electron chi connectivity index (χ4n) is 0. The first-order valence-electron chi connectivity index (χ1n) is 2.00. The maximum atomic E-state index is 8.52. The Morgan fingerprint density at radius 3 is 0.471 bits per heavy atom. The van der Waals surface area contributed by atoms with E-state index in [1.807, 2.05) is 0 Å². The van der Waals surface area contributed by atoms with Crippen molar-refractivity contribution >= 4 is 31.2 Å². The van der Waals surface area contributed by atoms with Crippen molar-refractivity contribution in [3.8, 4) is 0 Å². The molecule has 0 bridgehead atoms. The molecule has 0 aromatic rings. The zero-order valence-electron chi connectivity index (χ0n) is 6.85. The van der Waals surface area contributed by atoms with E-state index in [1.165, 1.54) is 0 Å². The number of hydrogen-bond acceptors (Lipinski definition) is 12. The first kappa shape index (κ1) is 30.7. The van der Waals surface area contributed by atoms with Gasteiger partial charge in [-0.15, -0.1) is 0 Å². The van der Waals surface area contributed by atoms with Crippen molar-refractivity contribution in [3.63, 3.8) is 0 Å². The van der Waals surface area contributed by atoms with Crippen LogP contribution in [-0.2, 0) is 68.8 Å². The van der Waals surface area contributed by atoms with Crippen LogP contribution in [0.25, 0.3) is 0 Å². The average molecular weight is 531 g/mol. The predicted octanol–water partition coefficient (Wildman–Crippen LogP) is -4.02. The van der Waals surface area contributed by atoms with Crippen LogP contribution in [0, 0.1) is 0 Å². The minimum atomic E-state index is -5.17. The molecule has 0 N–H and O–H groups in total. The van der Waals surface area contributed by atoms with Gasteiger partial charge in [0.15, 0.2) is 0 Å². The molecule has 0 aromatic carbocycles. The molecule has 17 heavy (non-hydrogen) atoms. The third kappa shape index (κ3) is 5860. The molecule has 0 radical (unpaired) electrons. The summed E-state index contributed by atoms with van der Waals surface area (Å²) in [6.07, 6.45) is 0. The Morgan fingerprint density at radius 1 is 0.471 bits per heavy atom. The van der Waals surface area contributed by atoms with Gasteiger partial charge in [0.25, 0.3) is 0 Å². The van der Waals surface area contributed by atoms with Crippen LogP contribution in [0.3, 0.4) is 0 Å². The van der Waals surface area contributed by atoms with Crippen LogP contribution in [0.4, 0.5) is 0 Å². The van der Waals surface area contributed by atoms with Crippen molar-refractivity contribution in [2.24, 2.45) is 0 Å². The Balaban J connectivity index is -0.0000000400. The Kier molecular flexibility index (Phi) is 21.4. The minimum Gasteiger partial charge on any atom is -0.759 e. The first-order chi connectivity index (χ1) is 6.00. The summed E-state index contributed by atoms with van der Waals surface area (Å²) in [4.78, 5) is 0. The standard InChI is InChI=1S/Ni.3H2O4S.W/c;3*1-5(2,3)4;/h;3*(H2,1,2,3,4);/q+2;;;;+4/p-6. The molecule has 0 unspecified atom stereocenters. The third-order valence-corrected chi connectivity index (χ3v) is 0. The van der Waals surface area contributed by atoms with Gasteiger partial charge in [0.05, 0.1) is 0 Å². The summed E-state index contributed by atoms with van der Waals surface area (Å²) < 4.78 is 102. The van der Waals surface area contributed by atoms with Crippen LogP contribution in [-0.4, -0.2) is 52.6 Å². The van der Waals surface area contributed by atoms with Gasteiger partial charge in [-0.05, 0) is 0 Å². The molecule has 0 spiro atoms. The van der Waals surface area contributed by atoms with Gasteiger partial charge in [-0.2, -0.15) is 0 Å². The molecule has 0 saturated heterocycles. The Labute approximate surface area is 121 Å². The first-order valence-corrected chi connectivity index (χ1v) is 6.00. The summed E-state index contributed by atoms with van der Waals surface area (Å²) in [7, 11) is -15.5. The molecular formula is NiO12S3W. The van der Waals surface area contributed by atoms with Gasteiger partial charge in [0, 0.05) is 31.2 Å². The summed E-state index contributed by atoms with van der Waals surface area (Å²) in [5.74, 6) is 0. The van der Waals surface area contributed by atoms with E-state index in [2.05, 4.69) is 0 Å². The zero-order chi connectivity index (χ0) is 13.5. The van der Waals surface area contributed by atoms with E-state index >= 15 is 0 Å². The molecule has 0 heterocycles. The van der Waals surface area contributed by atoms with Crippen LogP contribution in [0.5, 0.6) is 0 Å². The summed E-state index contributed by atoms with van der Waals surface area (Å²) in [6, 6.07) is 0. The van der Waals surface area contributed by atoms with Crippen molar-refractivity contribution < 1.29 is 90.1 Å². The molecule has 106 valence electrons. The van der Waals surface area contributed by atoms with E-state index < -0.39 is 31.2 Å². The second kappa shape index (κ2) is 11.9. The zero-order valence-corrected chi connectivity index (χ0v) is 13.2. The Hall–Kier alpha value is 0.792. The molecule has 0 saturated carbocycles. The van der Waals surface area contributed by atoms with Crippen molar-refractivity contribution in [3.05, 3.63) is 0 Å². The smallest absolute Gasteiger partial charge is 0.759 e. The van der Waals surface area contributed by atoms with Gasteiger partial charge in [0.1, 0.15) is 0 Å². The van der Waals surface area contributed by atoms with Crippen LogP contribution < -0.4 is 0 Å². The maximum absolute atomic E-state index is 8.52. The molecule has 0 aromatic heterocycles. The Bertz CT molecular complexity index is 343. The quantitative estimate of drug-likeness (QED) is 0.165. The SMILES string of the molecule is O=S(=O)([O-])[O-].O=S(=O)([O-])[O-].O=S(=O)([O-])[O-].[Ni+2].[W+4].